The first-order chi connectivity index (χ1) is 16.2. The molecule has 1 aromatic heterocycles. The Labute approximate surface area is 201 Å². The molecule has 2 amide bonds. The third-order valence-electron chi connectivity index (χ3n) is 5.77. The molecule has 0 spiro atoms. The van der Waals surface area contributed by atoms with Crippen LogP contribution >= 0.6 is 0 Å². The molecule has 3 rings (SSSR count). The number of aryl methyl sites for hydroxylation is 1. The number of nitrogens with one attached hydrogen (secondary N) is 1. The van der Waals surface area contributed by atoms with Gasteiger partial charge in [-0.25, -0.2) is 4.79 Å². The Bertz CT molecular complexity index is 1020. The highest BCUT2D eigenvalue weighted by Gasteiger charge is 2.30. The fourth-order valence-corrected chi connectivity index (χ4v) is 4.05. The third-order valence-corrected chi connectivity index (χ3v) is 5.77. The Kier molecular flexibility index (Phi) is 8.24. The van der Waals surface area contributed by atoms with Crippen molar-refractivity contribution in [3.05, 3.63) is 65.5 Å². The average Bonchev–Trinajstić information content (AvgIpc) is 2.80. The van der Waals surface area contributed by atoms with Crippen LogP contribution in [-0.4, -0.2) is 58.6 Å². The zero-order valence-electron chi connectivity index (χ0n) is 20.3. The van der Waals surface area contributed by atoms with E-state index < -0.39 is 23.8 Å². The number of pyridine rings is 1. The first kappa shape index (κ1) is 25.2. The van der Waals surface area contributed by atoms with Gasteiger partial charge < -0.3 is 15.0 Å². The van der Waals surface area contributed by atoms with Crippen LogP contribution in [0.15, 0.2) is 48.7 Å². The van der Waals surface area contributed by atoms with E-state index in [-0.39, 0.29) is 12.3 Å². The van der Waals surface area contributed by atoms with Crippen LogP contribution in [0.1, 0.15) is 56.1 Å². The quantitative estimate of drug-likeness (QED) is 0.701. The molecule has 0 saturated carbocycles. The van der Waals surface area contributed by atoms with Crippen molar-refractivity contribution in [2.75, 3.05) is 26.2 Å². The molecule has 180 valence electrons. The van der Waals surface area contributed by atoms with Gasteiger partial charge in [0.1, 0.15) is 11.6 Å². The Morgan fingerprint density at radius 3 is 2.38 bits per heavy atom. The SMILES string of the molecule is Cc1ncccc1C(C#N)N1CCN(C(=O)CC(NC(=O)OC(C)(C)C)c2ccccc2)CC1. The first-order valence-electron chi connectivity index (χ1n) is 11.6. The monoisotopic (exact) mass is 463 g/mol. The van der Waals surface area contributed by atoms with Crippen molar-refractivity contribution in [2.24, 2.45) is 0 Å². The maximum absolute atomic E-state index is 13.2. The molecule has 0 bridgehead atoms. The van der Waals surface area contributed by atoms with Gasteiger partial charge in [-0.15, -0.1) is 0 Å². The number of hydrogen-bond acceptors (Lipinski definition) is 6. The van der Waals surface area contributed by atoms with Crippen molar-refractivity contribution in [2.45, 2.75) is 51.8 Å². The van der Waals surface area contributed by atoms with Crippen molar-refractivity contribution in [1.82, 2.24) is 20.1 Å². The summed E-state index contributed by atoms with van der Waals surface area (Å²) >= 11 is 0. The van der Waals surface area contributed by atoms with Crippen LogP contribution in [0.3, 0.4) is 0 Å². The van der Waals surface area contributed by atoms with Gasteiger partial charge >= 0.3 is 6.09 Å². The van der Waals surface area contributed by atoms with Crippen molar-refractivity contribution >= 4 is 12.0 Å². The lowest BCUT2D eigenvalue weighted by molar-refractivity contribution is -0.133. The summed E-state index contributed by atoms with van der Waals surface area (Å²) in [6.45, 7) is 9.53. The Balaban J connectivity index is 1.64. The number of rotatable bonds is 6. The minimum atomic E-state index is -0.629. The number of amides is 2. The van der Waals surface area contributed by atoms with Crippen molar-refractivity contribution in [3.63, 3.8) is 0 Å². The standard InChI is InChI=1S/C26H33N5O3/c1-19-21(11-8-12-28-19)23(18-27)30-13-15-31(16-14-30)24(32)17-22(20-9-6-5-7-10-20)29-25(33)34-26(2,3)4/h5-12,22-23H,13-17H2,1-4H3,(H,29,33). The van der Waals surface area contributed by atoms with Crippen LogP contribution in [0.25, 0.3) is 0 Å². The van der Waals surface area contributed by atoms with E-state index in [9.17, 15) is 14.9 Å². The van der Waals surface area contributed by atoms with E-state index in [1.54, 1.807) is 31.9 Å². The van der Waals surface area contributed by atoms with Gasteiger partial charge in [0.05, 0.1) is 18.5 Å². The normalized spacial score (nSPS) is 16.3. The van der Waals surface area contributed by atoms with Crippen molar-refractivity contribution < 1.29 is 14.3 Å². The molecular weight excluding hydrogens is 430 g/mol. The van der Waals surface area contributed by atoms with Crippen LogP contribution in [-0.2, 0) is 9.53 Å². The van der Waals surface area contributed by atoms with Gasteiger partial charge in [0, 0.05) is 43.6 Å². The zero-order chi connectivity index (χ0) is 24.7. The number of benzene rings is 1. The number of hydrogen-bond donors (Lipinski definition) is 1. The number of piperazine rings is 1. The summed E-state index contributed by atoms with van der Waals surface area (Å²) in [4.78, 5) is 33.8. The maximum atomic E-state index is 13.2. The third kappa shape index (κ3) is 6.78. The van der Waals surface area contributed by atoms with E-state index in [0.29, 0.717) is 26.2 Å². The summed E-state index contributed by atoms with van der Waals surface area (Å²) in [5.74, 6) is -0.0457. The minimum Gasteiger partial charge on any atom is -0.444 e. The van der Waals surface area contributed by atoms with E-state index in [4.69, 9.17) is 4.74 Å². The molecule has 0 aliphatic carbocycles. The fourth-order valence-electron chi connectivity index (χ4n) is 4.05. The average molecular weight is 464 g/mol. The second-order valence-electron chi connectivity index (χ2n) is 9.44. The zero-order valence-corrected chi connectivity index (χ0v) is 20.3. The number of nitriles is 1. The highest BCUT2D eigenvalue weighted by molar-refractivity contribution is 5.78. The number of alkyl carbamates (subject to hydrolysis) is 1. The number of carbonyl (C=O) groups excluding carboxylic acids is 2. The van der Waals surface area contributed by atoms with E-state index in [1.807, 2.05) is 49.4 Å². The van der Waals surface area contributed by atoms with Gasteiger partial charge in [0.25, 0.3) is 0 Å². The van der Waals surface area contributed by atoms with Crippen LogP contribution in [0, 0.1) is 18.3 Å². The molecule has 2 unspecified atom stereocenters. The van der Waals surface area contributed by atoms with Crippen molar-refractivity contribution in [1.29, 1.82) is 5.26 Å². The largest absolute Gasteiger partial charge is 0.444 e. The van der Waals surface area contributed by atoms with E-state index in [2.05, 4.69) is 21.3 Å². The topological polar surface area (TPSA) is 98.6 Å². The minimum absolute atomic E-state index is 0.0457. The van der Waals surface area contributed by atoms with Crippen LogP contribution < -0.4 is 5.32 Å². The number of aromatic nitrogens is 1. The summed E-state index contributed by atoms with van der Waals surface area (Å²) in [5, 5.41) is 12.6. The molecule has 2 atom stereocenters. The van der Waals surface area contributed by atoms with Gasteiger partial charge in [0.2, 0.25) is 5.91 Å². The van der Waals surface area contributed by atoms with Crippen molar-refractivity contribution in [3.8, 4) is 6.07 Å². The Morgan fingerprint density at radius 2 is 1.79 bits per heavy atom. The predicted octanol–water partition coefficient (Wildman–Crippen LogP) is 3.76. The predicted molar refractivity (Wildman–Crippen MR) is 129 cm³/mol. The summed E-state index contributed by atoms with van der Waals surface area (Å²) in [6.07, 6.45) is 1.30. The molecule has 34 heavy (non-hydrogen) atoms. The fraction of sp³-hybridized carbons (Fsp3) is 0.462. The molecule has 2 aromatic rings. The molecule has 1 aliphatic heterocycles. The molecule has 1 aliphatic rings. The highest BCUT2D eigenvalue weighted by Crippen LogP contribution is 2.25. The highest BCUT2D eigenvalue weighted by atomic mass is 16.6. The van der Waals surface area contributed by atoms with Crippen LogP contribution in [0.4, 0.5) is 4.79 Å². The summed E-state index contributed by atoms with van der Waals surface area (Å²) in [7, 11) is 0. The lowest BCUT2D eigenvalue weighted by Gasteiger charge is -2.37. The molecule has 1 N–H and O–H groups in total. The molecule has 8 heteroatoms. The van der Waals surface area contributed by atoms with Gasteiger partial charge in [0.15, 0.2) is 0 Å². The van der Waals surface area contributed by atoms with Gasteiger partial charge in [-0.1, -0.05) is 36.4 Å². The van der Waals surface area contributed by atoms with Crippen LogP contribution in [0.2, 0.25) is 0 Å². The summed E-state index contributed by atoms with van der Waals surface area (Å²) in [6, 6.07) is 14.7. The van der Waals surface area contributed by atoms with E-state index >= 15 is 0 Å². The molecule has 8 nitrogen and oxygen atoms in total. The van der Waals surface area contributed by atoms with Crippen LogP contribution in [0.5, 0.6) is 0 Å². The molecule has 1 aromatic carbocycles. The molecule has 1 saturated heterocycles. The Hall–Kier alpha value is -3.44. The maximum Gasteiger partial charge on any atom is 0.408 e. The Morgan fingerprint density at radius 1 is 1.12 bits per heavy atom. The number of nitrogens with zero attached hydrogens (tertiary/aromatic N) is 4. The van der Waals surface area contributed by atoms with E-state index in [0.717, 1.165) is 16.8 Å². The molecular formula is C26H33N5O3. The van der Waals surface area contributed by atoms with Gasteiger partial charge in [-0.3, -0.25) is 14.7 Å². The number of ether oxygens (including phenoxy) is 1. The smallest absolute Gasteiger partial charge is 0.408 e. The van der Waals surface area contributed by atoms with Gasteiger partial charge in [-0.2, -0.15) is 5.26 Å². The molecule has 2 heterocycles. The lowest BCUT2D eigenvalue weighted by atomic mass is 10.0. The lowest BCUT2D eigenvalue weighted by Crippen LogP contribution is -2.50. The summed E-state index contributed by atoms with van der Waals surface area (Å²) < 4.78 is 5.40. The first-order valence-corrected chi connectivity index (χ1v) is 11.6. The second-order valence-corrected chi connectivity index (χ2v) is 9.44. The number of carbonyl (C=O) groups is 2. The second kappa shape index (κ2) is 11.1. The molecule has 0 radical (unpaired) electrons. The van der Waals surface area contributed by atoms with Gasteiger partial charge in [-0.05, 0) is 39.3 Å². The summed E-state index contributed by atoms with van der Waals surface area (Å²) in [5.41, 5.74) is 1.95. The van der Waals surface area contributed by atoms with E-state index in [1.165, 1.54) is 0 Å². The molecule has 1 fully saturated rings.